The lowest BCUT2D eigenvalue weighted by molar-refractivity contribution is -0.660. The van der Waals surface area contributed by atoms with E-state index in [-0.39, 0.29) is 5.82 Å². The molecule has 0 aliphatic heterocycles. The summed E-state index contributed by atoms with van der Waals surface area (Å²) in [7, 11) is 1.99. The number of halogens is 1. The molecule has 2 rings (SSSR count). The number of hydrogen-bond acceptors (Lipinski definition) is 0. The highest BCUT2D eigenvalue weighted by Gasteiger charge is 2.08. The number of rotatable bonds is 1. The summed E-state index contributed by atoms with van der Waals surface area (Å²) < 4.78 is 14.8. The third-order valence-electron chi connectivity index (χ3n) is 2.42. The van der Waals surface area contributed by atoms with Crippen LogP contribution in [0.4, 0.5) is 4.39 Å². The Kier molecular flexibility index (Phi) is 2.50. The van der Waals surface area contributed by atoms with E-state index in [4.69, 9.17) is 0 Å². The van der Waals surface area contributed by atoms with Crippen LogP contribution in [-0.4, -0.2) is 0 Å². The Morgan fingerprint density at radius 2 is 1.67 bits per heavy atom. The van der Waals surface area contributed by atoms with Gasteiger partial charge in [0.15, 0.2) is 6.20 Å². The van der Waals surface area contributed by atoms with Crippen LogP contribution in [0.5, 0.6) is 0 Å². The minimum absolute atomic E-state index is 0.200. The van der Waals surface area contributed by atoms with Gasteiger partial charge < -0.3 is 0 Å². The maximum Gasteiger partial charge on any atom is 0.212 e. The molecule has 0 fully saturated rings. The molecule has 1 aromatic carbocycles. The molecule has 0 saturated carbocycles. The summed E-state index contributed by atoms with van der Waals surface area (Å²) in [6, 6.07) is 10.6. The zero-order valence-electron chi connectivity index (χ0n) is 8.87. The average Bonchev–Trinajstić information content (AvgIpc) is 2.20. The second-order valence-corrected chi connectivity index (χ2v) is 3.71. The van der Waals surface area contributed by atoms with E-state index in [9.17, 15) is 4.39 Å². The highest BCUT2D eigenvalue weighted by molar-refractivity contribution is 5.55. The molecule has 0 aliphatic carbocycles. The fraction of sp³-hybridized carbons (Fsp3) is 0.154. The Morgan fingerprint density at radius 1 is 1.00 bits per heavy atom. The van der Waals surface area contributed by atoms with E-state index in [1.807, 2.05) is 17.7 Å². The number of benzene rings is 1. The predicted octanol–water partition coefficient (Wildman–Crippen LogP) is 2.63. The summed E-state index contributed by atoms with van der Waals surface area (Å²) in [5.41, 5.74) is 3.32. The molecular weight excluding hydrogens is 189 g/mol. The molecule has 76 valence electrons. The molecule has 1 nitrogen and oxygen atoms in total. The number of nitrogens with zero attached hydrogens (tertiary/aromatic N) is 1. The summed E-state index contributed by atoms with van der Waals surface area (Å²) in [5.74, 6) is -0.200. The Bertz CT molecular complexity index is 474. The molecule has 1 heterocycles. The van der Waals surface area contributed by atoms with Crippen LogP contribution in [0.3, 0.4) is 0 Å². The van der Waals surface area contributed by atoms with Gasteiger partial charge in [0.1, 0.15) is 12.9 Å². The fourth-order valence-electron chi connectivity index (χ4n) is 1.67. The Hall–Kier alpha value is -1.70. The van der Waals surface area contributed by atoms with E-state index in [1.165, 1.54) is 17.7 Å². The molecular formula is C13H13FN+. The lowest BCUT2D eigenvalue weighted by atomic mass is 10.1. The molecule has 0 aliphatic rings. The Morgan fingerprint density at radius 3 is 2.27 bits per heavy atom. The fourth-order valence-corrected chi connectivity index (χ4v) is 1.67. The van der Waals surface area contributed by atoms with Crippen molar-refractivity contribution in [3.05, 3.63) is 54.0 Å². The molecule has 0 amide bonds. The number of aryl methyl sites for hydroxylation is 2. The molecule has 0 saturated heterocycles. The normalized spacial score (nSPS) is 10.3. The molecule has 0 N–H and O–H groups in total. The highest BCUT2D eigenvalue weighted by Crippen LogP contribution is 2.15. The van der Waals surface area contributed by atoms with Gasteiger partial charge in [0.2, 0.25) is 5.69 Å². The first-order valence-corrected chi connectivity index (χ1v) is 4.89. The van der Waals surface area contributed by atoms with Crippen molar-refractivity contribution in [2.75, 3.05) is 0 Å². The zero-order chi connectivity index (χ0) is 10.8. The maximum absolute atomic E-state index is 12.8. The third kappa shape index (κ3) is 2.04. The Balaban J connectivity index is 2.49. The van der Waals surface area contributed by atoms with E-state index in [2.05, 4.69) is 19.2 Å². The van der Waals surface area contributed by atoms with Gasteiger partial charge in [-0.25, -0.2) is 8.96 Å². The number of aromatic nitrogens is 1. The van der Waals surface area contributed by atoms with Gasteiger partial charge in [-0.1, -0.05) is 0 Å². The molecule has 0 radical (unpaired) electrons. The van der Waals surface area contributed by atoms with E-state index >= 15 is 0 Å². The second kappa shape index (κ2) is 3.81. The van der Waals surface area contributed by atoms with Crippen LogP contribution in [0.1, 0.15) is 5.56 Å². The lowest BCUT2D eigenvalue weighted by Crippen LogP contribution is -2.30. The van der Waals surface area contributed by atoms with Crippen molar-refractivity contribution in [3.63, 3.8) is 0 Å². The smallest absolute Gasteiger partial charge is 0.207 e. The van der Waals surface area contributed by atoms with E-state index in [0.717, 1.165) is 11.3 Å². The standard InChI is InChI=1S/C13H13FN/c1-10-3-8-13(15(2)9-10)11-4-6-12(14)7-5-11/h3-9H,1-2H3/q+1. The first-order chi connectivity index (χ1) is 7.16. The SMILES string of the molecule is Cc1ccc(-c2ccc(F)cc2)[n+](C)c1. The van der Waals surface area contributed by atoms with Crippen molar-refractivity contribution in [2.24, 2.45) is 7.05 Å². The molecule has 0 spiro atoms. The van der Waals surface area contributed by atoms with Gasteiger partial charge >= 0.3 is 0 Å². The Labute approximate surface area is 88.8 Å². The summed E-state index contributed by atoms with van der Waals surface area (Å²) in [6.45, 7) is 2.05. The first-order valence-electron chi connectivity index (χ1n) is 4.89. The quantitative estimate of drug-likeness (QED) is 0.626. The van der Waals surface area contributed by atoms with Crippen molar-refractivity contribution >= 4 is 0 Å². The van der Waals surface area contributed by atoms with Crippen LogP contribution in [0.15, 0.2) is 42.6 Å². The van der Waals surface area contributed by atoms with Crippen LogP contribution in [-0.2, 0) is 7.05 Å². The molecule has 0 unspecified atom stereocenters. The van der Waals surface area contributed by atoms with Gasteiger partial charge in [-0.15, -0.1) is 0 Å². The predicted molar refractivity (Wildman–Crippen MR) is 57.7 cm³/mol. The van der Waals surface area contributed by atoms with Crippen LogP contribution in [0.2, 0.25) is 0 Å². The molecule has 2 aromatic rings. The largest absolute Gasteiger partial charge is 0.212 e. The second-order valence-electron chi connectivity index (χ2n) is 3.71. The van der Waals surface area contributed by atoms with E-state index in [1.54, 1.807) is 12.1 Å². The van der Waals surface area contributed by atoms with Gasteiger partial charge in [-0.05, 0) is 37.3 Å². The summed E-state index contributed by atoms with van der Waals surface area (Å²) >= 11 is 0. The summed E-state index contributed by atoms with van der Waals surface area (Å²) in [6.07, 6.45) is 2.05. The van der Waals surface area contributed by atoms with Crippen LogP contribution in [0.25, 0.3) is 11.3 Å². The maximum atomic E-state index is 12.8. The van der Waals surface area contributed by atoms with Crippen molar-refractivity contribution in [1.29, 1.82) is 0 Å². The minimum atomic E-state index is -0.200. The zero-order valence-corrected chi connectivity index (χ0v) is 8.87. The summed E-state index contributed by atoms with van der Waals surface area (Å²) in [5, 5.41) is 0. The van der Waals surface area contributed by atoms with Crippen LogP contribution < -0.4 is 4.57 Å². The minimum Gasteiger partial charge on any atom is -0.207 e. The average molecular weight is 202 g/mol. The van der Waals surface area contributed by atoms with Crippen molar-refractivity contribution in [3.8, 4) is 11.3 Å². The molecule has 15 heavy (non-hydrogen) atoms. The molecule has 0 bridgehead atoms. The summed E-state index contributed by atoms with van der Waals surface area (Å²) in [4.78, 5) is 0. The van der Waals surface area contributed by atoms with Gasteiger partial charge in [0.05, 0.1) is 0 Å². The van der Waals surface area contributed by atoms with Crippen molar-refractivity contribution in [2.45, 2.75) is 6.92 Å². The number of hydrogen-bond donors (Lipinski definition) is 0. The van der Waals surface area contributed by atoms with Gasteiger partial charge in [0.25, 0.3) is 0 Å². The first kappa shape index (κ1) is 9.84. The third-order valence-corrected chi connectivity index (χ3v) is 2.42. The monoisotopic (exact) mass is 202 g/mol. The topological polar surface area (TPSA) is 3.88 Å². The molecule has 0 atom stereocenters. The highest BCUT2D eigenvalue weighted by atomic mass is 19.1. The number of pyridine rings is 1. The van der Waals surface area contributed by atoms with Crippen LogP contribution in [0, 0.1) is 12.7 Å². The molecule has 2 heteroatoms. The lowest BCUT2D eigenvalue weighted by Gasteiger charge is -2.00. The van der Waals surface area contributed by atoms with Crippen molar-refractivity contribution in [1.82, 2.24) is 0 Å². The van der Waals surface area contributed by atoms with Gasteiger partial charge in [-0.2, -0.15) is 0 Å². The van der Waals surface area contributed by atoms with Crippen molar-refractivity contribution < 1.29 is 8.96 Å². The van der Waals surface area contributed by atoms with Crippen LogP contribution >= 0.6 is 0 Å². The van der Waals surface area contributed by atoms with Gasteiger partial charge in [0, 0.05) is 17.2 Å². The molecule has 1 aromatic heterocycles. The van der Waals surface area contributed by atoms with Gasteiger partial charge in [-0.3, -0.25) is 0 Å². The van der Waals surface area contributed by atoms with E-state index < -0.39 is 0 Å². The van der Waals surface area contributed by atoms with E-state index in [0.29, 0.717) is 0 Å².